The zero-order valence-electron chi connectivity index (χ0n) is 13.8. The molecule has 1 aromatic rings. The first-order valence-electron chi connectivity index (χ1n) is 8.54. The highest BCUT2D eigenvalue weighted by Crippen LogP contribution is 2.61. The van der Waals surface area contributed by atoms with Gasteiger partial charge in [-0.25, -0.2) is 4.79 Å². The standard InChI is InChI=1S/C19H22O5/c1-18(9-15(21)12-5-6-23-10-12)7-13(20)8-19-11-24-17(22)14(19)3-2-4-16(18)19/h3,5-6,10,15-16,21H,2,4,7-9,11H2,1H3/t15-,16+,18+,19+/m0/s1. The molecule has 1 aromatic heterocycles. The molecule has 128 valence electrons. The topological polar surface area (TPSA) is 76.7 Å². The molecule has 3 aliphatic rings. The Morgan fingerprint density at radius 2 is 2.21 bits per heavy atom. The number of hydrogen-bond acceptors (Lipinski definition) is 5. The molecule has 1 saturated heterocycles. The predicted molar refractivity (Wildman–Crippen MR) is 84.8 cm³/mol. The Bertz CT molecular complexity index is 703. The number of hydrogen-bond donors (Lipinski definition) is 1. The minimum atomic E-state index is -0.677. The van der Waals surface area contributed by atoms with Crippen LogP contribution in [0.15, 0.2) is 34.7 Å². The van der Waals surface area contributed by atoms with Crippen molar-refractivity contribution in [1.82, 2.24) is 0 Å². The van der Waals surface area contributed by atoms with Gasteiger partial charge in [-0.3, -0.25) is 4.79 Å². The van der Waals surface area contributed by atoms with Crippen LogP contribution in [0.4, 0.5) is 0 Å². The van der Waals surface area contributed by atoms with Crippen molar-refractivity contribution >= 4 is 11.8 Å². The second kappa shape index (κ2) is 5.31. The van der Waals surface area contributed by atoms with E-state index in [0.717, 1.165) is 18.4 Å². The molecule has 0 amide bonds. The number of allylic oxidation sites excluding steroid dienone is 1. The van der Waals surface area contributed by atoms with Crippen molar-refractivity contribution in [1.29, 1.82) is 0 Å². The number of aliphatic hydroxyl groups excluding tert-OH is 1. The molecule has 1 spiro atoms. The van der Waals surface area contributed by atoms with Gasteiger partial charge in [0.25, 0.3) is 0 Å². The van der Waals surface area contributed by atoms with E-state index in [2.05, 4.69) is 6.92 Å². The molecule has 1 aliphatic heterocycles. The second-order valence-electron chi connectivity index (χ2n) is 7.80. The number of aliphatic hydroxyl groups is 1. The lowest BCUT2D eigenvalue weighted by Gasteiger charge is -2.53. The third kappa shape index (κ3) is 2.18. The molecule has 1 N–H and O–H groups in total. The first-order valence-corrected chi connectivity index (χ1v) is 8.54. The summed E-state index contributed by atoms with van der Waals surface area (Å²) in [6.07, 6.45) is 7.41. The van der Waals surface area contributed by atoms with Gasteiger partial charge in [0.1, 0.15) is 12.4 Å². The van der Waals surface area contributed by atoms with Gasteiger partial charge in [0.2, 0.25) is 0 Å². The zero-order chi connectivity index (χ0) is 16.9. The van der Waals surface area contributed by atoms with E-state index in [-0.39, 0.29) is 23.1 Å². The van der Waals surface area contributed by atoms with Crippen LogP contribution in [0.1, 0.15) is 50.7 Å². The lowest BCUT2D eigenvalue weighted by atomic mass is 9.49. The van der Waals surface area contributed by atoms with Gasteiger partial charge in [-0.05, 0) is 36.7 Å². The summed E-state index contributed by atoms with van der Waals surface area (Å²) in [5.41, 5.74) is 0.569. The molecule has 5 nitrogen and oxygen atoms in total. The SMILES string of the molecule is C[C@]1(C[C@H](O)c2ccoc2)CC(=O)C[C@@]23COC(=O)C2=CCC[C@H]13. The fourth-order valence-electron chi connectivity index (χ4n) is 5.31. The molecule has 1 saturated carbocycles. The molecular weight excluding hydrogens is 308 g/mol. The fraction of sp³-hybridized carbons (Fsp3) is 0.579. The Hall–Kier alpha value is -1.88. The fourth-order valence-corrected chi connectivity index (χ4v) is 5.31. The lowest BCUT2D eigenvalue weighted by Crippen LogP contribution is -2.51. The van der Waals surface area contributed by atoms with Gasteiger partial charge in [0, 0.05) is 29.4 Å². The van der Waals surface area contributed by atoms with Crippen LogP contribution in [0, 0.1) is 16.7 Å². The monoisotopic (exact) mass is 330 g/mol. The van der Waals surface area contributed by atoms with Gasteiger partial charge in [-0.2, -0.15) is 0 Å². The molecule has 0 aromatic carbocycles. The molecule has 4 rings (SSSR count). The molecule has 2 heterocycles. The normalized spacial score (nSPS) is 36.6. The molecule has 2 fully saturated rings. The highest BCUT2D eigenvalue weighted by atomic mass is 16.5. The first-order chi connectivity index (χ1) is 11.4. The van der Waals surface area contributed by atoms with Crippen LogP contribution in [0.5, 0.6) is 0 Å². The molecule has 5 heteroatoms. The van der Waals surface area contributed by atoms with E-state index >= 15 is 0 Å². The van der Waals surface area contributed by atoms with E-state index in [1.807, 2.05) is 6.08 Å². The van der Waals surface area contributed by atoms with Gasteiger partial charge in [-0.15, -0.1) is 0 Å². The smallest absolute Gasteiger partial charge is 0.334 e. The molecule has 2 aliphatic carbocycles. The summed E-state index contributed by atoms with van der Waals surface area (Å²) in [5, 5.41) is 10.6. The minimum absolute atomic E-state index is 0.152. The van der Waals surface area contributed by atoms with Crippen molar-refractivity contribution in [3.8, 4) is 0 Å². The summed E-state index contributed by atoms with van der Waals surface area (Å²) in [6, 6.07) is 1.75. The van der Waals surface area contributed by atoms with Crippen LogP contribution in [0.3, 0.4) is 0 Å². The quantitative estimate of drug-likeness (QED) is 0.862. The molecule has 4 atom stereocenters. The number of Topliss-reactive ketones (excluding diaryl/α,β-unsaturated/α-hetero) is 1. The number of esters is 1. The number of cyclic esters (lactones) is 1. The Balaban J connectivity index is 1.69. The predicted octanol–water partition coefficient (Wildman–Crippen LogP) is 2.95. The first kappa shape index (κ1) is 15.6. The summed E-state index contributed by atoms with van der Waals surface area (Å²) in [4.78, 5) is 24.7. The number of ether oxygens (including phenoxy) is 1. The van der Waals surface area contributed by atoms with E-state index in [0.29, 0.717) is 31.4 Å². The van der Waals surface area contributed by atoms with Gasteiger partial charge in [-0.1, -0.05) is 13.0 Å². The molecule has 0 unspecified atom stereocenters. The maximum absolute atomic E-state index is 12.6. The third-order valence-electron chi connectivity index (χ3n) is 6.23. The van der Waals surface area contributed by atoms with Crippen molar-refractivity contribution in [2.24, 2.45) is 16.7 Å². The summed E-state index contributed by atoms with van der Waals surface area (Å²) < 4.78 is 10.4. The highest BCUT2D eigenvalue weighted by molar-refractivity contribution is 5.95. The Morgan fingerprint density at radius 1 is 1.38 bits per heavy atom. The van der Waals surface area contributed by atoms with Crippen molar-refractivity contribution in [3.63, 3.8) is 0 Å². The largest absolute Gasteiger partial charge is 0.472 e. The summed E-state index contributed by atoms with van der Waals surface area (Å²) in [7, 11) is 0. The van der Waals surface area contributed by atoms with Crippen LogP contribution >= 0.6 is 0 Å². The van der Waals surface area contributed by atoms with Crippen LogP contribution in [0.2, 0.25) is 0 Å². The van der Waals surface area contributed by atoms with Gasteiger partial charge < -0.3 is 14.3 Å². The summed E-state index contributed by atoms with van der Waals surface area (Å²) in [6.45, 7) is 2.37. The van der Waals surface area contributed by atoms with Gasteiger partial charge >= 0.3 is 5.97 Å². The van der Waals surface area contributed by atoms with E-state index in [4.69, 9.17) is 9.15 Å². The number of furan rings is 1. The maximum Gasteiger partial charge on any atom is 0.334 e. The van der Waals surface area contributed by atoms with Crippen molar-refractivity contribution in [2.45, 2.75) is 45.1 Å². The van der Waals surface area contributed by atoms with Crippen LogP contribution in [-0.2, 0) is 14.3 Å². The Morgan fingerprint density at radius 3 is 2.96 bits per heavy atom. The van der Waals surface area contributed by atoms with Crippen LogP contribution < -0.4 is 0 Å². The van der Waals surface area contributed by atoms with Crippen molar-refractivity contribution < 1.29 is 23.8 Å². The van der Waals surface area contributed by atoms with Crippen molar-refractivity contribution in [2.75, 3.05) is 6.61 Å². The molecule has 0 bridgehead atoms. The van der Waals surface area contributed by atoms with E-state index in [1.165, 1.54) is 0 Å². The number of carbonyl (C=O) groups is 2. The van der Waals surface area contributed by atoms with E-state index < -0.39 is 11.5 Å². The third-order valence-corrected chi connectivity index (χ3v) is 6.23. The molecular formula is C19H22O5. The van der Waals surface area contributed by atoms with Crippen LogP contribution in [0.25, 0.3) is 0 Å². The summed E-state index contributed by atoms with van der Waals surface area (Å²) in [5.74, 6) is 0.0436. The number of carbonyl (C=O) groups excluding carboxylic acids is 2. The van der Waals surface area contributed by atoms with Crippen LogP contribution in [-0.4, -0.2) is 23.5 Å². The maximum atomic E-state index is 12.6. The number of ketones is 1. The Kier molecular flexibility index (Phi) is 3.46. The average molecular weight is 330 g/mol. The Labute approximate surface area is 140 Å². The highest BCUT2D eigenvalue weighted by Gasteiger charge is 2.61. The summed E-state index contributed by atoms with van der Waals surface area (Å²) >= 11 is 0. The number of rotatable bonds is 3. The van der Waals surface area contributed by atoms with Gasteiger partial charge in [0.05, 0.1) is 18.6 Å². The van der Waals surface area contributed by atoms with Gasteiger partial charge in [0.15, 0.2) is 0 Å². The minimum Gasteiger partial charge on any atom is -0.472 e. The lowest BCUT2D eigenvalue weighted by molar-refractivity contribution is -0.139. The average Bonchev–Trinajstić information content (AvgIpc) is 3.15. The molecule has 0 radical (unpaired) electrons. The molecule has 24 heavy (non-hydrogen) atoms. The van der Waals surface area contributed by atoms with E-state index in [9.17, 15) is 14.7 Å². The van der Waals surface area contributed by atoms with E-state index in [1.54, 1.807) is 18.6 Å². The zero-order valence-corrected chi connectivity index (χ0v) is 13.8. The van der Waals surface area contributed by atoms with Crippen molar-refractivity contribution in [3.05, 3.63) is 35.8 Å². The second-order valence-corrected chi connectivity index (χ2v) is 7.80.